The van der Waals surface area contributed by atoms with E-state index in [-0.39, 0.29) is 5.57 Å². The zero-order valence-electron chi connectivity index (χ0n) is 20.8. The van der Waals surface area contributed by atoms with Gasteiger partial charge in [-0.2, -0.15) is 0 Å². The number of carbonyl (C=O) groups is 3. The second-order valence-electron chi connectivity index (χ2n) is 8.36. The number of nitrogens with zero attached hydrogens (tertiary/aromatic N) is 1. The van der Waals surface area contributed by atoms with Crippen molar-refractivity contribution in [3.63, 3.8) is 0 Å². The van der Waals surface area contributed by atoms with E-state index in [0.717, 1.165) is 16.0 Å². The summed E-state index contributed by atoms with van der Waals surface area (Å²) < 4.78 is 17.6. The molecule has 0 atom stereocenters. The van der Waals surface area contributed by atoms with Gasteiger partial charge in [0.05, 0.1) is 16.4 Å². The second-order valence-corrected chi connectivity index (χ2v) is 9.52. The number of hydrogen-bond donors (Lipinski definition) is 1. The van der Waals surface area contributed by atoms with Gasteiger partial charge in [0.25, 0.3) is 11.8 Å². The third-order valence-corrected chi connectivity index (χ3v) is 6.43. The van der Waals surface area contributed by atoms with Crippen LogP contribution in [0.15, 0.2) is 78.9 Å². The number of ether oxygens (including phenoxy) is 3. The van der Waals surface area contributed by atoms with E-state index in [0.29, 0.717) is 45.3 Å². The van der Waals surface area contributed by atoms with Crippen LogP contribution in [0.25, 0.3) is 6.08 Å². The summed E-state index contributed by atoms with van der Waals surface area (Å²) in [7, 11) is 1.50. The first-order valence-corrected chi connectivity index (χ1v) is 12.7. The van der Waals surface area contributed by atoms with Gasteiger partial charge < -0.3 is 14.2 Å². The number of halogens is 1. The number of rotatable bonds is 9. The number of barbiturate groups is 1. The minimum atomic E-state index is -0.828. The summed E-state index contributed by atoms with van der Waals surface area (Å²) in [4.78, 5) is 39.4. The summed E-state index contributed by atoms with van der Waals surface area (Å²) in [5.74, 6) is 0.00856. The van der Waals surface area contributed by atoms with Crippen molar-refractivity contribution in [1.29, 1.82) is 0 Å². The molecule has 1 aliphatic heterocycles. The van der Waals surface area contributed by atoms with Crippen molar-refractivity contribution in [2.45, 2.75) is 13.5 Å². The first-order chi connectivity index (χ1) is 18.3. The van der Waals surface area contributed by atoms with Crippen LogP contribution in [0.3, 0.4) is 0 Å². The summed E-state index contributed by atoms with van der Waals surface area (Å²) in [6, 6.07) is 17.1. The van der Waals surface area contributed by atoms with E-state index in [4.69, 9.17) is 14.2 Å². The molecule has 0 spiro atoms. The lowest BCUT2D eigenvalue weighted by atomic mass is 10.1. The Labute approximate surface area is 234 Å². The summed E-state index contributed by atoms with van der Waals surface area (Å²) >= 11 is 2.08. The predicted octanol–water partition coefficient (Wildman–Crippen LogP) is 5.42. The van der Waals surface area contributed by atoms with Crippen LogP contribution in [0.2, 0.25) is 0 Å². The first kappa shape index (κ1) is 26.9. The number of urea groups is 1. The number of anilines is 1. The molecule has 0 aromatic heterocycles. The Morgan fingerprint density at radius 2 is 1.71 bits per heavy atom. The molecule has 0 radical (unpaired) electrons. The zero-order chi connectivity index (χ0) is 27.2. The Morgan fingerprint density at radius 1 is 1.00 bits per heavy atom. The van der Waals surface area contributed by atoms with Crippen LogP contribution in [0.4, 0.5) is 10.5 Å². The molecule has 1 heterocycles. The largest absolute Gasteiger partial charge is 0.493 e. The number of carbonyl (C=O) groups excluding carboxylic acids is 3. The molecule has 0 saturated carbocycles. The molecule has 0 aliphatic carbocycles. The normalized spacial score (nSPS) is 14.3. The molecule has 38 heavy (non-hydrogen) atoms. The van der Waals surface area contributed by atoms with Crippen molar-refractivity contribution in [3.05, 3.63) is 99.2 Å². The van der Waals surface area contributed by atoms with Crippen LogP contribution in [-0.2, 0) is 16.2 Å². The molecule has 0 bridgehead atoms. The van der Waals surface area contributed by atoms with Gasteiger partial charge >= 0.3 is 6.03 Å². The summed E-state index contributed by atoms with van der Waals surface area (Å²) in [6.45, 7) is 6.33. The van der Waals surface area contributed by atoms with Crippen molar-refractivity contribution in [2.24, 2.45) is 0 Å². The number of methoxy groups -OCH3 is 1. The first-order valence-electron chi connectivity index (χ1n) is 11.6. The predicted molar refractivity (Wildman–Crippen MR) is 152 cm³/mol. The summed E-state index contributed by atoms with van der Waals surface area (Å²) in [5, 5.41) is 2.24. The van der Waals surface area contributed by atoms with Crippen LogP contribution in [0.5, 0.6) is 17.2 Å². The smallest absolute Gasteiger partial charge is 0.335 e. The minimum Gasteiger partial charge on any atom is -0.493 e. The molecule has 3 aromatic carbocycles. The van der Waals surface area contributed by atoms with E-state index in [2.05, 4.69) is 34.5 Å². The Balaban J connectivity index is 1.55. The lowest BCUT2D eigenvalue weighted by Gasteiger charge is -2.26. The van der Waals surface area contributed by atoms with E-state index in [1.54, 1.807) is 42.5 Å². The Kier molecular flexibility index (Phi) is 8.47. The molecule has 1 aliphatic rings. The maximum Gasteiger partial charge on any atom is 0.335 e. The van der Waals surface area contributed by atoms with Crippen LogP contribution < -0.4 is 24.4 Å². The van der Waals surface area contributed by atoms with Crippen LogP contribution in [0, 0.1) is 10.5 Å². The molecule has 8 nitrogen and oxygen atoms in total. The van der Waals surface area contributed by atoms with Crippen LogP contribution >= 0.6 is 22.6 Å². The highest BCUT2D eigenvalue weighted by Gasteiger charge is 2.37. The van der Waals surface area contributed by atoms with Gasteiger partial charge in [0, 0.05) is 0 Å². The quantitative estimate of drug-likeness (QED) is 0.148. The van der Waals surface area contributed by atoms with Gasteiger partial charge in [-0.05, 0) is 83.1 Å². The molecule has 194 valence electrons. The maximum atomic E-state index is 13.3. The molecular weight excluding hydrogens is 599 g/mol. The van der Waals surface area contributed by atoms with Crippen LogP contribution in [-0.4, -0.2) is 31.6 Å². The van der Waals surface area contributed by atoms with Gasteiger partial charge in [0.2, 0.25) is 0 Å². The molecule has 0 unspecified atom stereocenters. The van der Waals surface area contributed by atoms with Crippen molar-refractivity contribution in [1.82, 2.24) is 5.32 Å². The highest BCUT2D eigenvalue weighted by atomic mass is 127. The molecule has 3 aromatic rings. The number of hydrogen-bond acceptors (Lipinski definition) is 6. The van der Waals surface area contributed by atoms with Gasteiger partial charge in [-0.25, -0.2) is 9.69 Å². The number of amides is 4. The lowest BCUT2D eigenvalue weighted by Crippen LogP contribution is -2.54. The van der Waals surface area contributed by atoms with Gasteiger partial charge in [-0.1, -0.05) is 42.5 Å². The van der Waals surface area contributed by atoms with Gasteiger partial charge in [0.15, 0.2) is 11.5 Å². The third-order valence-electron chi connectivity index (χ3n) is 5.63. The van der Waals surface area contributed by atoms with E-state index < -0.39 is 17.8 Å². The Bertz CT molecular complexity index is 1410. The molecular formula is C29H25IN2O6. The number of aryl methyl sites for hydroxylation is 1. The van der Waals surface area contributed by atoms with Crippen molar-refractivity contribution >= 4 is 52.2 Å². The molecule has 4 rings (SSSR count). The molecule has 9 heteroatoms. The standard InChI is InChI=1S/C29H25IN2O6/c1-4-13-37-26-24(30)15-20(16-25(26)36-3)14-23-27(33)31-29(35)32(28(23)34)21-9-11-22(12-10-21)38-17-19-7-5-18(2)6-8-19/h4-12,14-16H,1,13,17H2,2-3H3,(H,31,33,35)/b23-14+. The van der Waals surface area contributed by atoms with E-state index in [1.807, 2.05) is 31.2 Å². The van der Waals surface area contributed by atoms with Gasteiger partial charge in [-0.15, -0.1) is 0 Å². The van der Waals surface area contributed by atoms with E-state index >= 15 is 0 Å². The molecule has 1 fully saturated rings. The monoisotopic (exact) mass is 624 g/mol. The number of nitrogens with one attached hydrogen (secondary N) is 1. The minimum absolute atomic E-state index is 0.193. The average molecular weight is 624 g/mol. The SMILES string of the molecule is C=CCOc1c(I)cc(/C=C2\C(=O)NC(=O)N(c3ccc(OCc4ccc(C)cc4)cc3)C2=O)cc1OC. The van der Waals surface area contributed by atoms with Crippen molar-refractivity contribution in [3.8, 4) is 17.2 Å². The summed E-state index contributed by atoms with van der Waals surface area (Å²) in [5.41, 5.74) is 2.82. The third kappa shape index (κ3) is 6.05. The maximum absolute atomic E-state index is 13.3. The molecule has 1 saturated heterocycles. The molecule has 4 amide bonds. The summed E-state index contributed by atoms with van der Waals surface area (Å²) in [6.07, 6.45) is 3.03. The lowest BCUT2D eigenvalue weighted by molar-refractivity contribution is -0.122. The Hall–Kier alpha value is -4.12. The fourth-order valence-electron chi connectivity index (χ4n) is 3.71. The number of imide groups is 2. The van der Waals surface area contributed by atoms with Gasteiger partial charge in [0.1, 0.15) is 24.5 Å². The number of benzene rings is 3. The van der Waals surface area contributed by atoms with Crippen LogP contribution in [0.1, 0.15) is 16.7 Å². The van der Waals surface area contributed by atoms with Crippen molar-refractivity contribution < 1.29 is 28.6 Å². The van der Waals surface area contributed by atoms with Crippen molar-refractivity contribution in [2.75, 3.05) is 18.6 Å². The van der Waals surface area contributed by atoms with Gasteiger partial charge in [-0.3, -0.25) is 14.9 Å². The molecule has 1 N–H and O–H groups in total. The highest BCUT2D eigenvalue weighted by molar-refractivity contribution is 14.1. The average Bonchev–Trinajstić information content (AvgIpc) is 2.90. The zero-order valence-corrected chi connectivity index (χ0v) is 23.0. The second kappa shape index (κ2) is 12.0. The topological polar surface area (TPSA) is 94.2 Å². The van der Waals surface area contributed by atoms with E-state index in [9.17, 15) is 14.4 Å². The Morgan fingerprint density at radius 3 is 2.37 bits per heavy atom. The highest BCUT2D eigenvalue weighted by Crippen LogP contribution is 2.35. The fraction of sp³-hybridized carbons (Fsp3) is 0.138. The van der Waals surface area contributed by atoms with E-state index in [1.165, 1.54) is 13.2 Å². The fourth-order valence-corrected chi connectivity index (χ4v) is 4.49.